The molecular weight excluding hydrogens is 330 g/mol. The second kappa shape index (κ2) is 10.0. The second-order valence-corrected chi connectivity index (χ2v) is 7.12. The maximum Gasteiger partial charge on any atom is 0.194 e. The molecule has 1 aromatic carbocycles. The molecule has 25 heavy (non-hydrogen) atoms. The normalized spacial score (nSPS) is 11.4. The second-order valence-electron chi connectivity index (χ2n) is 6.06. The van der Waals surface area contributed by atoms with Crippen LogP contribution in [0.3, 0.4) is 0 Å². The van der Waals surface area contributed by atoms with Gasteiger partial charge in [-0.25, -0.2) is 4.98 Å². The minimum Gasteiger partial charge on any atom is -0.375 e. The molecule has 0 radical (unpaired) electrons. The molecule has 6 heteroatoms. The van der Waals surface area contributed by atoms with Gasteiger partial charge in [0.2, 0.25) is 0 Å². The van der Waals surface area contributed by atoms with Gasteiger partial charge in [0.1, 0.15) is 0 Å². The van der Waals surface area contributed by atoms with E-state index in [4.69, 9.17) is 4.99 Å². The van der Waals surface area contributed by atoms with Crippen LogP contribution in [0, 0.1) is 6.92 Å². The summed E-state index contributed by atoms with van der Waals surface area (Å²) in [6.45, 7) is 7.57. The lowest BCUT2D eigenvalue weighted by Crippen LogP contribution is -2.38. The van der Waals surface area contributed by atoms with E-state index in [9.17, 15) is 0 Å². The SMILES string of the molecule is CCNC(=NCCCN(C)c1ccccc1)N(C)Cc1csc(C)n1. The van der Waals surface area contributed by atoms with E-state index in [2.05, 4.69) is 70.8 Å². The molecule has 0 saturated heterocycles. The fourth-order valence-electron chi connectivity index (χ4n) is 2.57. The van der Waals surface area contributed by atoms with E-state index in [1.807, 2.05) is 13.0 Å². The van der Waals surface area contributed by atoms with Gasteiger partial charge in [-0.1, -0.05) is 18.2 Å². The predicted molar refractivity (Wildman–Crippen MR) is 109 cm³/mol. The van der Waals surface area contributed by atoms with Crippen LogP contribution in [0.25, 0.3) is 0 Å². The van der Waals surface area contributed by atoms with Gasteiger partial charge in [0.25, 0.3) is 0 Å². The molecule has 136 valence electrons. The molecule has 0 fully saturated rings. The highest BCUT2D eigenvalue weighted by molar-refractivity contribution is 7.09. The molecule has 0 unspecified atom stereocenters. The van der Waals surface area contributed by atoms with Crippen LogP contribution in [-0.2, 0) is 6.54 Å². The number of hydrogen-bond donors (Lipinski definition) is 1. The van der Waals surface area contributed by atoms with Gasteiger partial charge < -0.3 is 15.1 Å². The van der Waals surface area contributed by atoms with Crippen LogP contribution in [0.15, 0.2) is 40.7 Å². The first-order chi connectivity index (χ1) is 12.1. The summed E-state index contributed by atoms with van der Waals surface area (Å²) >= 11 is 1.69. The number of aliphatic imine (C=N–C) groups is 1. The molecular formula is C19H29N5S. The Morgan fingerprint density at radius 1 is 1.24 bits per heavy atom. The van der Waals surface area contributed by atoms with Crippen molar-refractivity contribution < 1.29 is 0 Å². The Hall–Kier alpha value is -2.08. The number of hydrogen-bond acceptors (Lipinski definition) is 4. The topological polar surface area (TPSA) is 43.8 Å². The number of nitrogens with one attached hydrogen (secondary N) is 1. The Labute approximate surface area is 155 Å². The Morgan fingerprint density at radius 3 is 2.64 bits per heavy atom. The van der Waals surface area contributed by atoms with Crippen molar-refractivity contribution in [1.82, 2.24) is 15.2 Å². The van der Waals surface area contributed by atoms with Crippen LogP contribution in [0.5, 0.6) is 0 Å². The van der Waals surface area contributed by atoms with E-state index in [0.29, 0.717) is 0 Å². The minimum atomic E-state index is 0.778. The van der Waals surface area contributed by atoms with Crippen molar-refractivity contribution >= 4 is 23.0 Å². The van der Waals surface area contributed by atoms with E-state index >= 15 is 0 Å². The predicted octanol–water partition coefficient (Wildman–Crippen LogP) is 3.38. The van der Waals surface area contributed by atoms with Crippen LogP contribution < -0.4 is 10.2 Å². The molecule has 5 nitrogen and oxygen atoms in total. The Morgan fingerprint density at radius 2 is 2.00 bits per heavy atom. The van der Waals surface area contributed by atoms with E-state index in [1.165, 1.54) is 5.69 Å². The molecule has 1 aromatic heterocycles. The van der Waals surface area contributed by atoms with Crippen molar-refractivity contribution in [3.05, 3.63) is 46.4 Å². The first-order valence-electron chi connectivity index (χ1n) is 8.76. The summed E-state index contributed by atoms with van der Waals surface area (Å²) in [7, 11) is 4.19. The summed E-state index contributed by atoms with van der Waals surface area (Å²) in [5.74, 6) is 0.940. The first-order valence-corrected chi connectivity index (χ1v) is 9.64. The van der Waals surface area contributed by atoms with Crippen molar-refractivity contribution in [1.29, 1.82) is 0 Å². The number of para-hydroxylation sites is 1. The minimum absolute atomic E-state index is 0.778. The smallest absolute Gasteiger partial charge is 0.194 e. The summed E-state index contributed by atoms with van der Waals surface area (Å²) in [6, 6.07) is 10.5. The molecule has 0 saturated carbocycles. The molecule has 1 N–H and O–H groups in total. The number of aromatic nitrogens is 1. The first kappa shape index (κ1) is 19.2. The quantitative estimate of drug-likeness (QED) is 0.446. The number of guanidine groups is 1. The highest BCUT2D eigenvalue weighted by Crippen LogP contribution is 2.11. The van der Waals surface area contributed by atoms with E-state index in [1.54, 1.807) is 11.3 Å². The summed E-state index contributed by atoms with van der Waals surface area (Å²) in [6.07, 6.45) is 1.02. The van der Waals surface area contributed by atoms with Crippen molar-refractivity contribution in [2.45, 2.75) is 26.8 Å². The van der Waals surface area contributed by atoms with Gasteiger partial charge in [0.15, 0.2) is 5.96 Å². The summed E-state index contributed by atoms with van der Waals surface area (Å²) in [5, 5.41) is 6.59. The van der Waals surface area contributed by atoms with Crippen LogP contribution in [0.2, 0.25) is 0 Å². The highest BCUT2D eigenvalue weighted by atomic mass is 32.1. The standard InChI is InChI=1S/C19H29N5S/c1-5-20-19(24(4)14-17-15-25-16(2)22-17)21-12-9-13-23(3)18-10-7-6-8-11-18/h6-8,10-11,15H,5,9,12-14H2,1-4H3,(H,20,21). The van der Waals surface area contributed by atoms with Crippen LogP contribution in [0.1, 0.15) is 24.0 Å². The molecule has 0 spiro atoms. The molecule has 0 aliphatic carbocycles. The average molecular weight is 360 g/mol. The summed E-state index contributed by atoms with van der Waals surface area (Å²) in [4.78, 5) is 13.7. The maximum absolute atomic E-state index is 4.76. The zero-order chi connectivity index (χ0) is 18.1. The van der Waals surface area contributed by atoms with Gasteiger partial charge >= 0.3 is 0 Å². The van der Waals surface area contributed by atoms with Gasteiger partial charge in [-0.05, 0) is 32.4 Å². The molecule has 2 aromatic rings. The fourth-order valence-corrected chi connectivity index (χ4v) is 3.18. The van der Waals surface area contributed by atoms with Crippen molar-refractivity contribution in [3.63, 3.8) is 0 Å². The zero-order valence-electron chi connectivity index (χ0n) is 15.7. The molecule has 0 aliphatic heterocycles. The van der Waals surface area contributed by atoms with Gasteiger partial charge in [-0.2, -0.15) is 0 Å². The van der Waals surface area contributed by atoms with Crippen molar-refractivity contribution in [3.8, 4) is 0 Å². The Kier molecular flexibility index (Phi) is 7.73. The van der Waals surface area contributed by atoms with Crippen molar-refractivity contribution in [2.24, 2.45) is 4.99 Å². The molecule has 0 bridgehead atoms. The van der Waals surface area contributed by atoms with Crippen LogP contribution in [0.4, 0.5) is 5.69 Å². The lowest BCUT2D eigenvalue weighted by molar-refractivity contribution is 0.470. The monoisotopic (exact) mass is 359 g/mol. The third kappa shape index (κ3) is 6.38. The highest BCUT2D eigenvalue weighted by Gasteiger charge is 2.08. The van der Waals surface area contributed by atoms with Crippen LogP contribution in [-0.4, -0.2) is 49.6 Å². The molecule has 0 atom stereocenters. The number of aryl methyl sites for hydroxylation is 1. The van der Waals surface area contributed by atoms with Gasteiger partial charge in [-0.15, -0.1) is 11.3 Å². The van der Waals surface area contributed by atoms with E-state index < -0.39 is 0 Å². The number of nitrogens with zero attached hydrogens (tertiary/aromatic N) is 4. The third-order valence-electron chi connectivity index (χ3n) is 3.87. The number of anilines is 1. The largest absolute Gasteiger partial charge is 0.375 e. The number of rotatable bonds is 8. The lowest BCUT2D eigenvalue weighted by Gasteiger charge is -2.22. The number of benzene rings is 1. The maximum atomic E-state index is 4.76. The van der Waals surface area contributed by atoms with Gasteiger partial charge in [-0.3, -0.25) is 4.99 Å². The summed E-state index contributed by atoms with van der Waals surface area (Å²) < 4.78 is 0. The van der Waals surface area contributed by atoms with Gasteiger partial charge in [0.05, 0.1) is 17.2 Å². The lowest BCUT2D eigenvalue weighted by atomic mass is 10.3. The van der Waals surface area contributed by atoms with Crippen molar-refractivity contribution in [2.75, 3.05) is 38.6 Å². The third-order valence-corrected chi connectivity index (χ3v) is 4.69. The fraction of sp³-hybridized carbons (Fsp3) is 0.474. The zero-order valence-corrected chi connectivity index (χ0v) is 16.5. The molecule has 0 amide bonds. The molecule has 0 aliphatic rings. The Bertz CT molecular complexity index is 653. The van der Waals surface area contributed by atoms with Gasteiger partial charge in [0, 0.05) is 44.8 Å². The van der Waals surface area contributed by atoms with E-state index in [0.717, 1.165) is 49.3 Å². The van der Waals surface area contributed by atoms with Crippen LogP contribution >= 0.6 is 11.3 Å². The molecule has 2 rings (SSSR count). The Balaban J connectivity index is 1.84. The summed E-state index contributed by atoms with van der Waals surface area (Å²) in [5.41, 5.74) is 2.34. The molecule has 1 heterocycles. The van der Waals surface area contributed by atoms with E-state index in [-0.39, 0.29) is 0 Å². The number of thiazole rings is 1. The average Bonchev–Trinajstić information content (AvgIpc) is 3.02.